The van der Waals surface area contributed by atoms with Gasteiger partial charge in [-0.25, -0.2) is 9.97 Å². The Morgan fingerprint density at radius 1 is 0.673 bits per heavy atom. The quantitative estimate of drug-likeness (QED) is 0.173. The van der Waals surface area contributed by atoms with Crippen molar-refractivity contribution in [3.8, 4) is 51.2 Å². The van der Waals surface area contributed by atoms with E-state index < -0.39 is 0 Å². The largest absolute Gasteiger partial charge is 0.507 e. The molecular formula is C48H38N3O3Pt-. The van der Waals surface area contributed by atoms with E-state index in [2.05, 4.69) is 81.4 Å². The Morgan fingerprint density at radius 2 is 1.38 bits per heavy atom. The minimum absolute atomic E-state index is 0. The van der Waals surface area contributed by atoms with E-state index in [0.29, 0.717) is 40.0 Å². The number of fused-ring (bicyclic) bond motifs is 5. The zero-order chi connectivity index (χ0) is 36.6. The van der Waals surface area contributed by atoms with Gasteiger partial charge in [0.25, 0.3) is 0 Å². The number of phenolic OH excluding ortho intramolecular Hbond substituents is 1. The first-order chi connectivity index (χ1) is 26.2. The maximum Gasteiger partial charge on any atom is 0.222 e. The second kappa shape index (κ2) is 13.3. The molecule has 274 valence electrons. The van der Waals surface area contributed by atoms with Gasteiger partial charge in [0.05, 0.1) is 11.3 Å². The number of furan rings is 1. The van der Waals surface area contributed by atoms with Crippen molar-refractivity contribution in [3.05, 3.63) is 155 Å². The zero-order valence-electron chi connectivity index (χ0n) is 30.8. The molecule has 0 bridgehead atoms. The van der Waals surface area contributed by atoms with Crippen LogP contribution in [0.4, 0.5) is 0 Å². The van der Waals surface area contributed by atoms with Crippen molar-refractivity contribution < 1.29 is 35.3 Å². The first-order valence-electron chi connectivity index (χ1n) is 18.6. The number of aromatic nitrogens is 3. The molecule has 10 rings (SSSR count). The Hall–Kier alpha value is -5.58. The summed E-state index contributed by atoms with van der Waals surface area (Å²) in [6.07, 6.45) is 4.20. The molecule has 2 aliphatic rings. The number of para-hydroxylation sites is 1. The molecule has 4 aromatic heterocycles. The topological polar surface area (TPSA) is 81.3 Å². The molecule has 8 aromatic rings. The molecule has 1 spiro atoms. The molecule has 0 radical (unpaired) electrons. The molecule has 2 aliphatic carbocycles. The van der Waals surface area contributed by atoms with Gasteiger partial charge in [-0.1, -0.05) is 105 Å². The molecule has 0 amide bonds. The van der Waals surface area contributed by atoms with E-state index in [1.54, 1.807) is 12.1 Å². The van der Waals surface area contributed by atoms with Gasteiger partial charge in [-0.15, -0.1) is 18.2 Å². The van der Waals surface area contributed by atoms with E-state index in [1.165, 1.54) is 22.3 Å². The van der Waals surface area contributed by atoms with Gasteiger partial charge in [-0.05, 0) is 106 Å². The molecular weight excluding hydrogens is 862 g/mol. The van der Waals surface area contributed by atoms with E-state index in [9.17, 15) is 5.11 Å². The zero-order valence-corrected chi connectivity index (χ0v) is 33.1. The van der Waals surface area contributed by atoms with Gasteiger partial charge in [0.15, 0.2) is 0 Å². The fourth-order valence-electron chi connectivity index (χ4n) is 8.73. The summed E-state index contributed by atoms with van der Waals surface area (Å²) in [5.41, 5.74) is 12.7. The first kappa shape index (κ1) is 35.1. The fraction of sp³-hybridized carbons (Fsp3) is 0.188. The van der Waals surface area contributed by atoms with Gasteiger partial charge in [-0.3, -0.25) is 4.98 Å². The van der Waals surface area contributed by atoms with Gasteiger partial charge < -0.3 is 14.3 Å². The molecule has 55 heavy (non-hydrogen) atoms. The van der Waals surface area contributed by atoms with Crippen LogP contribution in [0.1, 0.15) is 48.7 Å². The summed E-state index contributed by atoms with van der Waals surface area (Å²) in [7, 11) is 0. The van der Waals surface area contributed by atoms with Crippen LogP contribution in [0.15, 0.2) is 126 Å². The summed E-state index contributed by atoms with van der Waals surface area (Å²) in [5, 5.41) is 12.8. The van der Waals surface area contributed by atoms with Gasteiger partial charge in [0.1, 0.15) is 5.75 Å². The number of hydrogen-bond donors (Lipinski definition) is 1. The molecule has 0 atom stereocenters. The molecule has 0 saturated heterocycles. The Balaban J connectivity index is 0.00000397. The van der Waals surface area contributed by atoms with E-state index in [0.717, 1.165) is 58.8 Å². The number of rotatable bonds is 5. The van der Waals surface area contributed by atoms with Crippen molar-refractivity contribution >= 4 is 22.1 Å². The Morgan fingerprint density at radius 3 is 2.16 bits per heavy atom. The van der Waals surface area contributed by atoms with Gasteiger partial charge in [0, 0.05) is 43.8 Å². The predicted molar refractivity (Wildman–Crippen MR) is 213 cm³/mol. The maximum atomic E-state index is 10.8. The fourth-order valence-corrected chi connectivity index (χ4v) is 8.73. The monoisotopic (exact) mass is 899 g/mol. The summed E-state index contributed by atoms with van der Waals surface area (Å²) in [4.78, 5) is 14.9. The molecule has 1 N–H and O–H groups in total. The molecule has 0 unspecified atom stereocenters. The van der Waals surface area contributed by atoms with E-state index in [-0.39, 0.29) is 37.6 Å². The second-order valence-electron chi connectivity index (χ2n) is 16.0. The normalized spacial score (nSPS) is 14.2. The van der Waals surface area contributed by atoms with Crippen molar-refractivity contribution in [2.24, 2.45) is 5.41 Å². The summed E-state index contributed by atoms with van der Waals surface area (Å²) in [6, 6.07) is 43.8. The van der Waals surface area contributed by atoms with Gasteiger partial charge in [-0.2, -0.15) is 0 Å². The number of hydrogen-bond acceptors (Lipinski definition) is 6. The van der Waals surface area contributed by atoms with Crippen molar-refractivity contribution in [1.82, 2.24) is 15.0 Å². The Kier molecular flexibility index (Phi) is 8.51. The molecule has 6 nitrogen and oxygen atoms in total. The summed E-state index contributed by atoms with van der Waals surface area (Å²) >= 11 is 0. The Labute approximate surface area is 334 Å². The SMILES string of the molecule is CC(C)(C)c1ccccc1-c1cc(Oc2cccc(-c3[c-]ccc4c3oc3nc5c(cc34)CC3(Cc4ccccc4C3)C5)n2)nc(-c2ccccc2O)c1.[Pt]. The number of pyridine rings is 3. The van der Waals surface area contributed by atoms with Crippen molar-refractivity contribution in [3.63, 3.8) is 0 Å². The van der Waals surface area contributed by atoms with Crippen molar-refractivity contribution in [2.75, 3.05) is 0 Å². The molecule has 0 aliphatic heterocycles. The molecule has 7 heteroatoms. The van der Waals surface area contributed by atoms with E-state index in [1.807, 2.05) is 54.6 Å². The summed E-state index contributed by atoms with van der Waals surface area (Å²) < 4.78 is 13.0. The minimum Gasteiger partial charge on any atom is -0.507 e. The van der Waals surface area contributed by atoms with E-state index in [4.69, 9.17) is 24.1 Å². The molecule has 4 heterocycles. The number of nitrogens with zero attached hydrogens (tertiary/aromatic N) is 3. The molecule has 0 saturated carbocycles. The van der Waals surface area contributed by atoms with Crippen LogP contribution in [0.2, 0.25) is 0 Å². The van der Waals surface area contributed by atoms with Crippen LogP contribution in [0, 0.1) is 11.5 Å². The van der Waals surface area contributed by atoms with Crippen molar-refractivity contribution in [2.45, 2.75) is 51.9 Å². The van der Waals surface area contributed by atoms with Gasteiger partial charge in [0.2, 0.25) is 17.5 Å². The first-order valence-corrected chi connectivity index (χ1v) is 18.6. The number of aromatic hydroxyl groups is 1. The third-order valence-electron chi connectivity index (χ3n) is 11.2. The average molecular weight is 900 g/mol. The predicted octanol–water partition coefficient (Wildman–Crippen LogP) is 11.2. The summed E-state index contributed by atoms with van der Waals surface area (Å²) in [6.45, 7) is 6.62. The maximum absolute atomic E-state index is 10.8. The van der Waals surface area contributed by atoms with Crippen LogP contribution in [0.25, 0.3) is 55.7 Å². The van der Waals surface area contributed by atoms with E-state index >= 15 is 0 Å². The Bertz CT molecular complexity index is 2760. The molecule has 0 fully saturated rings. The third kappa shape index (κ3) is 6.23. The van der Waals surface area contributed by atoms with Crippen molar-refractivity contribution in [1.29, 1.82) is 0 Å². The van der Waals surface area contributed by atoms with Crippen LogP contribution in [-0.4, -0.2) is 20.1 Å². The number of phenols is 1. The smallest absolute Gasteiger partial charge is 0.222 e. The van der Waals surface area contributed by atoms with Crippen LogP contribution in [-0.2, 0) is 52.2 Å². The molecule has 4 aromatic carbocycles. The summed E-state index contributed by atoms with van der Waals surface area (Å²) in [5.74, 6) is 0.896. The second-order valence-corrected chi connectivity index (χ2v) is 16.0. The number of benzene rings is 4. The van der Waals surface area contributed by atoms with Crippen LogP contribution < -0.4 is 4.74 Å². The van der Waals surface area contributed by atoms with Crippen LogP contribution in [0.3, 0.4) is 0 Å². The van der Waals surface area contributed by atoms with Gasteiger partial charge >= 0.3 is 0 Å². The number of ether oxygens (including phenoxy) is 1. The average Bonchev–Trinajstić information content (AvgIpc) is 3.83. The standard InChI is InChI=1S/C48H38N3O3.Pt/c1-47(2,3)38-18-8-6-14-33(38)31-23-40(35-15-7-9-20-42(35)52)50-44(24-31)53-43-21-11-19-39(49-43)36-17-10-16-34-37-22-32-27-48(25-29-12-4-5-13-30(29)26-48)28-41(32)51-46(37)54-45(34)36;/h4-16,18-24,52H,25-28H2,1-3H3;/q-1;. The third-order valence-corrected chi connectivity index (χ3v) is 11.2. The van der Waals surface area contributed by atoms with Crippen LogP contribution >= 0.6 is 0 Å². The van der Waals surface area contributed by atoms with Crippen LogP contribution in [0.5, 0.6) is 17.5 Å². The minimum atomic E-state index is -0.0969.